The number of nitrogens with zero attached hydrogens (tertiary/aromatic N) is 1. The van der Waals surface area contributed by atoms with Crippen LogP contribution in [-0.4, -0.2) is 23.1 Å². The summed E-state index contributed by atoms with van der Waals surface area (Å²) in [5.74, 6) is 2.15. The van der Waals surface area contributed by atoms with E-state index in [1.165, 1.54) is 19.3 Å². The monoisotopic (exact) mass is 431 g/mol. The fourth-order valence-corrected chi connectivity index (χ4v) is 6.12. The minimum absolute atomic E-state index is 0.0195. The molecule has 0 aromatic heterocycles. The van der Waals surface area contributed by atoms with Gasteiger partial charge in [0.15, 0.2) is 0 Å². The van der Waals surface area contributed by atoms with Crippen LogP contribution in [-0.2, 0) is 4.79 Å². The van der Waals surface area contributed by atoms with Crippen molar-refractivity contribution in [1.82, 2.24) is 10.7 Å². The maximum Gasteiger partial charge on any atom is 0.271 e. The van der Waals surface area contributed by atoms with Crippen LogP contribution in [0.25, 0.3) is 0 Å². The summed E-state index contributed by atoms with van der Waals surface area (Å²) in [5, 5.41) is 7.45. The van der Waals surface area contributed by atoms with Crippen LogP contribution in [0.15, 0.2) is 33.8 Å². The molecule has 4 saturated carbocycles. The zero-order valence-corrected chi connectivity index (χ0v) is 17.2. The van der Waals surface area contributed by atoms with Gasteiger partial charge in [-0.25, -0.2) is 5.43 Å². The Balaban J connectivity index is 1.31. The van der Waals surface area contributed by atoms with Gasteiger partial charge in [-0.3, -0.25) is 9.59 Å². The summed E-state index contributed by atoms with van der Waals surface area (Å²) in [6.45, 7) is 1.78. The molecular formula is C21H26BrN3O2. The fourth-order valence-electron chi connectivity index (χ4n) is 5.72. The Morgan fingerprint density at radius 3 is 2.37 bits per heavy atom. The summed E-state index contributed by atoms with van der Waals surface area (Å²) in [6.07, 6.45) is 7.72. The predicted molar refractivity (Wildman–Crippen MR) is 108 cm³/mol. The first kappa shape index (κ1) is 18.7. The van der Waals surface area contributed by atoms with Gasteiger partial charge < -0.3 is 5.32 Å². The normalized spacial score (nSPS) is 31.6. The van der Waals surface area contributed by atoms with Crippen molar-refractivity contribution in [3.63, 3.8) is 0 Å². The predicted octanol–water partition coefficient (Wildman–Crippen LogP) is 4.03. The molecule has 0 atom stereocenters. The zero-order valence-electron chi connectivity index (χ0n) is 15.6. The second-order valence-corrected chi connectivity index (χ2v) is 9.64. The van der Waals surface area contributed by atoms with E-state index in [0.29, 0.717) is 11.3 Å². The van der Waals surface area contributed by atoms with Crippen molar-refractivity contribution in [1.29, 1.82) is 0 Å². The van der Waals surface area contributed by atoms with Gasteiger partial charge in [0.1, 0.15) is 0 Å². The average molecular weight is 432 g/mol. The Kier molecular flexibility index (Phi) is 5.10. The van der Waals surface area contributed by atoms with E-state index in [4.69, 9.17) is 0 Å². The Bertz CT molecular complexity index is 754. The van der Waals surface area contributed by atoms with Crippen molar-refractivity contribution in [2.45, 2.75) is 57.4 Å². The summed E-state index contributed by atoms with van der Waals surface area (Å²) in [5.41, 5.74) is 3.70. The summed E-state index contributed by atoms with van der Waals surface area (Å²) in [7, 11) is 0. The molecule has 4 bridgehead atoms. The highest BCUT2D eigenvalue weighted by molar-refractivity contribution is 9.10. The van der Waals surface area contributed by atoms with Gasteiger partial charge >= 0.3 is 0 Å². The number of halogens is 1. The smallest absolute Gasteiger partial charge is 0.271 e. The molecule has 4 aliphatic rings. The number of carbonyl (C=O) groups is 2. The van der Waals surface area contributed by atoms with Crippen molar-refractivity contribution in [2.24, 2.45) is 22.9 Å². The van der Waals surface area contributed by atoms with Crippen molar-refractivity contribution in [2.75, 3.05) is 0 Å². The first-order chi connectivity index (χ1) is 12.9. The molecule has 4 fully saturated rings. The molecule has 0 heterocycles. The van der Waals surface area contributed by atoms with E-state index in [0.717, 1.165) is 41.5 Å². The van der Waals surface area contributed by atoms with Crippen molar-refractivity contribution in [3.05, 3.63) is 34.3 Å². The molecule has 1 aromatic rings. The van der Waals surface area contributed by atoms with Crippen LogP contribution in [0.2, 0.25) is 0 Å². The molecule has 1 aromatic carbocycles. The summed E-state index contributed by atoms with van der Waals surface area (Å²) in [4.78, 5) is 24.7. The van der Waals surface area contributed by atoms with Crippen LogP contribution < -0.4 is 10.7 Å². The van der Waals surface area contributed by atoms with E-state index in [1.54, 1.807) is 25.1 Å². The van der Waals surface area contributed by atoms with E-state index < -0.39 is 0 Å². The summed E-state index contributed by atoms with van der Waals surface area (Å²) in [6, 6.07) is 7.12. The van der Waals surface area contributed by atoms with Gasteiger partial charge in [-0.15, -0.1) is 0 Å². The summed E-state index contributed by atoms with van der Waals surface area (Å²) < 4.78 is 0.839. The van der Waals surface area contributed by atoms with Gasteiger partial charge in [-0.05, 0) is 81.4 Å². The number of hydrogen-bond donors (Lipinski definition) is 2. The zero-order chi connectivity index (χ0) is 19.0. The minimum atomic E-state index is -0.280. The number of hydrogen-bond acceptors (Lipinski definition) is 3. The lowest BCUT2D eigenvalue weighted by molar-refractivity contribution is -0.125. The standard InChI is InChI=1S/C21H26BrN3O2/c1-13(24-25-20(27)17-3-2-4-18(22)9-17)5-19(26)23-21-10-14-6-15(11-21)8-16(7-14)12-21/h2-4,9,14-16H,5-8,10-12H2,1H3,(H,23,26)(H,25,27)/b24-13-. The van der Waals surface area contributed by atoms with Crippen molar-refractivity contribution >= 4 is 33.5 Å². The minimum Gasteiger partial charge on any atom is -0.350 e. The Morgan fingerprint density at radius 1 is 1.15 bits per heavy atom. The fraction of sp³-hybridized carbons (Fsp3) is 0.571. The first-order valence-corrected chi connectivity index (χ1v) is 10.6. The highest BCUT2D eigenvalue weighted by Gasteiger charge is 2.51. The summed E-state index contributed by atoms with van der Waals surface area (Å²) >= 11 is 3.35. The molecule has 4 aliphatic carbocycles. The lowest BCUT2D eigenvalue weighted by atomic mass is 9.53. The molecule has 2 N–H and O–H groups in total. The van der Waals surface area contributed by atoms with E-state index in [9.17, 15) is 9.59 Å². The highest BCUT2D eigenvalue weighted by atomic mass is 79.9. The van der Waals surface area contributed by atoms with Gasteiger partial charge in [0.2, 0.25) is 5.91 Å². The first-order valence-electron chi connectivity index (χ1n) is 9.81. The van der Waals surface area contributed by atoms with E-state index in [-0.39, 0.29) is 23.8 Å². The number of benzene rings is 1. The van der Waals surface area contributed by atoms with Gasteiger partial charge in [-0.1, -0.05) is 22.0 Å². The molecule has 6 heteroatoms. The van der Waals surface area contributed by atoms with Gasteiger partial charge in [-0.2, -0.15) is 5.10 Å². The lowest BCUT2D eigenvalue weighted by Crippen LogP contribution is -2.60. The third-order valence-corrected chi connectivity index (χ3v) is 6.79. The molecule has 144 valence electrons. The van der Waals surface area contributed by atoms with E-state index in [1.807, 2.05) is 6.07 Å². The second kappa shape index (κ2) is 7.38. The molecule has 5 nitrogen and oxygen atoms in total. The Morgan fingerprint density at radius 2 is 1.78 bits per heavy atom. The van der Waals surface area contributed by atoms with Gasteiger partial charge in [0.25, 0.3) is 5.91 Å². The largest absolute Gasteiger partial charge is 0.350 e. The number of amides is 2. The molecule has 27 heavy (non-hydrogen) atoms. The third kappa shape index (κ3) is 4.26. The van der Waals surface area contributed by atoms with Crippen molar-refractivity contribution in [3.8, 4) is 0 Å². The Labute approximate surface area is 168 Å². The molecule has 5 rings (SSSR count). The number of carbonyl (C=O) groups excluding carboxylic acids is 2. The maximum absolute atomic E-state index is 12.6. The molecule has 0 aliphatic heterocycles. The lowest BCUT2D eigenvalue weighted by Gasteiger charge is -2.56. The SMILES string of the molecule is C/C(CC(=O)NC12CC3CC(CC(C3)C1)C2)=N/NC(=O)c1cccc(Br)c1. The van der Waals surface area contributed by atoms with Gasteiger partial charge in [0, 0.05) is 21.3 Å². The molecule has 0 spiro atoms. The number of hydrazone groups is 1. The quantitative estimate of drug-likeness (QED) is 0.545. The van der Waals surface area contributed by atoms with E-state index in [2.05, 4.69) is 31.8 Å². The number of nitrogens with one attached hydrogen (secondary N) is 2. The third-order valence-electron chi connectivity index (χ3n) is 6.29. The van der Waals surface area contributed by atoms with E-state index >= 15 is 0 Å². The van der Waals surface area contributed by atoms with Crippen LogP contribution in [0, 0.1) is 17.8 Å². The molecule has 0 saturated heterocycles. The molecule has 0 unspecified atom stereocenters. The Hall–Kier alpha value is -1.69. The molecule has 0 radical (unpaired) electrons. The van der Waals surface area contributed by atoms with Crippen LogP contribution in [0.5, 0.6) is 0 Å². The molecule has 2 amide bonds. The van der Waals surface area contributed by atoms with Crippen LogP contribution >= 0.6 is 15.9 Å². The van der Waals surface area contributed by atoms with Crippen LogP contribution in [0.4, 0.5) is 0 Å². The van der Waals surface area contributed by atoms with Crippen LogP contribution in [0.3, 0.4) is 0 Å². The van der Waals surface area contributed by atoms with Crippen LogP contribution in [0.1, 0.15) is 62.2 Å². The second-order valence-electron chi connectivity index (χ2n) is 8.72. The topological polar surface area (TPSA) is 70.6 Å². The number of rotatable bonds is 5. The average Bonchev–Trinajstić information content (AvgIpc) is 2.57. The molecular weight excluding hydrogens is 406 g/mol. The van der Waals surface area contributed by atoms with Gasteiger partial charge in [0.05, 0.1) is 6.42 Å². The highest BCUT2D eigenvalue weighted by Crippen LogP contribution is 2.55. The van der Waals surface area contributed by atoms with Crippen molar-refractivity contribution < 1.29 is 9.59 Å². The maximum atomic E-state index is 12.6.